The molecule has 0 amide bonds. The van der Waals surface area contributed by atoms with E-state index in [0.717, 1.165) is 5.56 Å². The fraction of sp³-hybridized carbons (Fsp3) is 0.556. The first-order valence-electron chi connectivity index (χ1n) is 13.4. The number of aryl methyl sites for hydroxylation is 1. The number of H-pyrrole nitrogens is 1. The number of alkyl halides is 1. The predicted molar refractivity (Wildman–Crippen MR) is 139 cm³/mol. The molecule has 0 spiro atoms. The summed E-state index contributed by atoms with van der Waals surface area (Å²) in [7, 11) is 0. The summed E-state index contributed by atoms with van der Waals surface area (Å²) in [6.45, 7) is 1.02. The summed E-state index contributed by atoms with van der Waals surface area (Å²) in [4.78, 5) is 12.1. The minimum absolute atomic E-state index is 0.00790. The molecule has 2 aromatic heterocycles. The van der Waals surface area contributed by atoms with Gasteiger partial charge in [0.2, 0.25) is 0 Å². The van der Waals surface area contributed by atoms with E-state index in [-0.39, 0.29) is 44.0 Å². The molecule has 3 fully saturated rings. The number of ether oxygens (including phenoxy) is 5. The molecular weight excluding hydrogens is 550 g/mol. The number of benzene rings is 1. The van der Waals surface area contributed by atoms with Crippen molar-refractivity contribution in [2.24, 2.45) is 5.92 Å². The Morgan fingerprint density at radius 3 is 2.83 bits per heavy atom. The lowest BCUT2D eigenvalue weighted by molar-refractivity contribution is -0.146. The molecule has 40 heavy (non-hydrogen) atoms. The highest BCUT2D eigenvalue weighted by Gasteiger charge is 2.46. The molecule has 3 N–H and O–H groups in total. The molecule has 5 heterocycles. The van der Waals surface area contributed by atoms with E-state index in [1.807, 2.05) is 0 Å². The minimum atomic E-state index is -1.51. The molecule has 1 aliphatic carbocycles. The monoisotopic (exact) mass is 578 g/mol. The largest absolute Gasteiger partial charge is 0.490 e. The Bertz CT molecular complexity index is 1420. The van der Waals surface area contributed by atoms with E-state index in [1.54, 1.807) is 12.1 Å². The molecule has 3 saturated heterocycles. The second-order valence-corrected chi connectivity index (χ2v) is 11.3. The van der Waals surface area contributed by atoms with E-state index in [4.69, 9.17) is 35.3 Å². The summed E-state index contributed by atoms with van der Waals surface area (Å²) < 4.78 is 56.9. The van der Waals surface area contributed by atoms with Crippen molar-refractivity contribution in [3.8, 4) is 11.8 Å². The summed E-state index contributed by atoms with van der Waals surface area (Å²) >= 11 is 6.52. The SMILES string of the molecule is O[C@@H]1CO[C@@H]2[C@H](CCOc3nc4nc(NC5CCc6cc(OCC7(F)COC7)cc(F)c65)c(Cl)cc4[nH]3)CO[C@@H]21. The van der Waals surface area contributed by atoms with Gasteiger partial charge in [0.15, 0.2) is 11.3 Å². The third kappa shape index (κ3) is 4.85. The Morgan fingerprint density at radius 1 is 1.15 bits per heavy atom. The summed E-state index contributed by atoms with van der Waals surface area (Å²) in [5.41, 5.74) is 0.835. The van der Waals surface area contributed by atoms with Crippen molar-refractivity contribution < 1.29 is 37.6 Å². The van der Waals surface area contributed by atoms with Gasteiger partial charge in [-0.3, -0.25) is 0 Å². The quantitative estimate of drug-likeness (QED) is 0.350. The van der Waals surface area contributed by atoms with E-state index < -0.39 is 17.6 Å². The Labute approximate surface area is 233 Å². The van der Waals surface area contributed by atoms with Gasteiger partial charge in [-0.25, -0.2) is 13.8 Å². The predicted octanol–water partition coefficient (Wildman–Crippen LogP) is 3.51. The number of anilines is 1. The van der Waals surface area contributed by atoms with Crippen LogP contribution in [0.2, 0.25) is 5.02 Å². The van der Waals surface area contributed by atoms with Gasteiger partial charge >= 0.3 is 0 Å². The molecule has 7 rings (SSSR count). The van der Waals surface area contributed by atoms with Gasteiger partial charge in [0.25, 0.3) is 6.01 Å². The highest BCUT2D eigenvalue weighted by molar-refractivity contribution is 6.33. The maximum absolute atomic E-state index is 15.1. The Morgan fingerprint density at radius 2 is 2.00 bits per heavy atom. The maximum atomic E-state index is 15.1. The van der Waals surface area contributed by atoms with Crippen LogP contribution in [0.5, 0.6) is 11.8 Å². The Balaban J connectivity index is 0.998. The highest BCUT2D eigenvalue weighted by atomic mass is 35.5. The van der Waals surface area contributed by atoms with Gasteiger partial charge in [0.1, 0.15) is 36.2 Å². The van der Waals surface area contributed by atoms with Gasteiger partial charge in [0, 0.05) is 17.5 Å². The number of hydrogen-bond donors (Lipinski definition) is 3. The second-order valence-electron chi connectivity index (χ2n) is 10.9. The number of aliphatic hydroxyl groups is 1. The first-order valence-corrected chi connectivity index (χ1v) is 13.8. The molecule has 1 unspecified atom stereocenters. The Hall–Kier alpha value is -2.77. The van der Waals surface area contributed by atoms with Crippen LogP contribution in [0, 0.1) is 11.7 Å². The zero-order valence-electron chi connectivity index (χ0n) is 21.5. The van der Waals surface area contributed by atoms with Crippen LogP contribution in [0.3, 0.4) is 0 Å². The van der Waals surface area contributed by atoms with E-state index >= 15 is 4.39 Å². The molecule has 5 atom stereocenters. The van der Waals surface area contributed by atoms with Gasteiger partial charge in [-0.15, -0.1) is 0 Å². The highest BCUT2D eigenvalue weighted by Crippen LogP contribution is 2.40. The van der Waals surface area contributed by atoms with Crippen molar-refractivity contribution in [1.82, 2.24) is 15.0 Å². The zero-order chi connectivity index (χ0) is 27.4. The maximum Gasteiger partial charge on any atom is 0.296 e. The van der Waals surface area contributed by atoms with Crippen LogP contribution in [0.25, 0.3) is 11.2 Å². The lowest BCUT2D eigenvalue weighted by atomic mass is 9.98. The van der Waals surface area contributed by atoms with Crippen LogP contribution in [-0.4, -0.2) is 83.7 Å². The van der Waals surface area contributed by atoms with Crippen molar-refractivity contribution in [3.63, 3.8) is 0 Å². The topological polar surface area (TPSA) is 120 Å². The van der Waals surface area contributed by atoms with Crippen molar-refractivity contribution in [2.75, 3.05) is 45.0 Å². The number of aromatic amines is 1. The molecule has 3 aliphatic heterocycles. The standard InChI is InChI=1S/C27H29ClF2N4O6/c28-16-7-19-25(34-26(32-19)37-4-3-14-8-38-23-20(35)9-39-22(14)23)33-24(16)31-18-2-1-13-5-15(6-17(29)21(13)18)40-12-27(30)10-36-11-27/h5-7,14,18,20,22-23,35H,1-4,8-12H2,(H2,31,32,33,34)/t14-,18?,20-,22-,23-/m1/s1. The number of rotatable bonds is 9. The average molecular weight is 579 g/mol. The number of halogens is 3. The van der Waals surface area contributed by atoms with Crippen LogP contribution in [0.15, 0.2) is 18.2 Å². The van der Waals surface area contributed by atoms with Crippen LogP contribution in [-0.2, 0) is 20.6 Å². The number of aromatic nitrogens is 3. The van der Waals surface area contributed by atoms with Gasteiger partial charge in [-0.05, 0) is 37.0 Å². The fourth-order valence-corrected chi connectivity index (χ4v) is 6.08. The van der Waals surface area contributed by atoms with Crippen molar-refractivity contribution in [3.05, 3.63) is 40.2 Å². The van der Waals surface area contributed by atoms with E-state index in [9.17, 15) is 9.50 Å². The first kappa shape index (κ1) is 26.1. The zero-order valence-corrected chi connectivity index (χ0v) is 22.3. The van der Waals surface area contributed by atoms with Crippen LogP contribution >= 0.6 is 11.6 Å². The van der Waals surface area contributed by atoms with Crippen molar-refractivity contribution in [2.45, 2.75) is 49.3 Å². The fourth-order valence-electron chi connectivity index (χ4n) is 5.88. The van der Waals surface area contributed by atoms with Gasteiger partial charge in [0.05, 0.1) is 55.7 Å². The molecule has 13 heteroatoms. The average Bonchev–Trinajstić information content (AvgIpc) is 3.68. The molecule has 0 radical (unpaired) electrons. The van der Waals surface area contributed by atoms with Gasteiger partial charge in [-0.1, -0.05) is 11.6 Å². The molecule has 1 aromatic carbocycles. The van der Waals surface area contributed by atoms with Crippen molar-refractivity contribution >= 4 is 28.6 Å². The third-order valence-corrected chi connectivity index (χ3v) is 8.32. The van der Waals surface area contributed by atoms with Crippen LogP contribution in [0.4, 0.5) is 14.6 Å². The summed E-state index contributed by atoms with van der Waals surface area (Å²) in [6, 6.07) is 4.72. The minimum Gasteiger partial charge on any atom is -0.490 e. The molecule has 4 aliphatic rings. The van der Waals surface area contributed by atoms with Gasteiger partial charge < -0.3 is 39.1 Å². The first-order chi connectivity index (χ1) is 19.3. The number of nitrogens with zero attached hydrogens (tertiary/aromatic N) is 2. The van der Waals surface area contributed by atoms with E-state index in [2.05, 4.69) is 20.3 Å². The third-order valence-electron chi connectivity index (χ3n) is 8.03. The molecule has 0 saturated carbocycles. The summed E-state index contributed by atoms with van der Waals surface area (Å²) in [5.74, 6) is 0.408. The van der Waals surface area contributed by atoms with E-state index in [1.165, 1.54) is 6.07 Å². The van der Waals surface area contributed by atoms with Crippen LogP contribution < -0.4 is 14.8 Å². The summed E-state index contributed by atoms with van der Waals surface area (Å²) in [5, 5.41) is 13.5. The number of hydrogen-bond acceptors (Lipinski definition) is 9. The number of imidazole rings is 1. The summed E-state index contributed by atoms with van der Waals surface area (Å²) in [6.07, 6.45) is 0.999. The number of pyridine rings is 1. The molecule has 0 bridgehead atoms. The lowest BCUT2D eigenvalue weighted by Gasteiger charge is -2.33. The van der Waals surface area contributed by atoms with Crippen molar-refractivity contribution in [1.29, 1.82) is 0 Å². The normalized spacial score (nSPS) is 28.4. The van der Waals surface area contributed by atoms with Crippen LogP contribution in [0.1, 0.15) is 30.0 Å². The number of fused-ring (bicyclic) bond motifs is 3. The Kier molecular flexibility index (Phi) is 6.70. The molecule has 3 aromatic rings. The number of aliphatic hydroxyl groups excluding tert-OH is 1. The second kappa shape index (κ2) is 10.3. The number of nitrogens with one attached hydrogen (secondary N) is 2. The molecule has 214 valence electrons. The van der Waals surface area contributed by atoms with Gasteiger partial charge in [-0.2, -0.15) is 4.98 Å². The molecule has 10 nitrogen and oxygen atoms in total. The molecular formula is C27H29ClF2N4O6. The smallest absolute Gasteiger partial charge is 0.296 e. The lowest BCUT2D eigenvalue weighted by Crippen LogP contribution is -2.50. The van der Waals surface area contributed by atoms with E-state index in [0.29, 0.717) is 78.4 Å².